The zero-order valence-corrected chi connectivity index (χ0v) is 83.0. The standard InChI is InChI=1S/C20H17F3N2O.C20H15F3N2.C17H12N2O.C17H13NO2.C16H13N3O.C16H11N3O.C15H11ClO2/c1-11(2)25-17-9-14(24-4)8-15(13-6-5-12(3)18(26)7-13)16(17)10-19(25)20(21,22)23;1-12-3-5-13(6-4-12)16-9-14(24-2)10-18-17(16)11-19(20(21,22)23)25(18)15-7-8-15;1-11-5-6-12(8-17(11)20)15-9-13(18-2)10-16-14(15)4-3-7-19-16;1-11-4-5-12(9-16(11)19-3)15-10-14(18-2)8-13-6-7-20-17(13)15;1-10-4-5-12(6-15(10)20)14-7-13(17-3)9-19-11(2)8-18-16(14)19;1-10-3-4-11(8-15(10)20)14-9-13(17-2)7-12-5-6-18-19-16(12)14;1-9-2-3-10(7-14(9)17)13-8-12(16)6-11-4-5-18-15(11)13/h5-11,26H,1-3H3;3-6,9-11,15H,7-8H2,1H3;3-10,20H,1H3;4-10H,1,3H3;4-9,20H,1-2H3;3-9,20H,1H3;2-8,17H,1H3. The van der Waals surface area contributed by atoms with E-state index in [0.29, 0.717) is 77.5 Å². The Kier molecular flexibility index (Phi) is 29.9. The Morgan fingerprint density at radius 1 is 0.403 bits per heavy atom. The van der Waals surface area contributed by atoms with Crippen LogP contribution in [0.1, 0.15) is 94.8 Å². The lowest BCUT2D eigenvalue weighted by atomic mass is 9.98. The summed E-state index contributed by atoms with van der Waals surface area (Å²) in [6, 6.07) is 74.5. The van der Waals surface area contributed by atoms with Gasteiger partial charge in [-0.15, -0.1) is 5.10 Å². The van der Waals surface area contributed by atoms with Crippen molar-refractivity contribution in [3.05, 3.63) is 422 Å². The van der Waals surface area contributed by atoms with E-state index >= 15 is 0 Å². The number of imidazole rings is 1. The fourth-order valence-corrected chi connectivity index (χ4v) is 17.7. The highest BCUT2D eigenvalue weighted by Gasteiger charge is 2.41. The van der Waals surface area contributed by atoms with Gasteiger partial charge in [0.25, 0.3) is 0 Å². The summed E-state index contributed by atoms with van der Waals surface area (Å²) in [6.45, 7) is 61.9. The predicted molar refractivity (Wildman–Crippen MR) is 575 cm³/mol. The number of ether oxygens (including phenoxy) is 1. The molecule has 22 rings (SSSR count). The molecular weight excluding hydrogens is 1910 g/mol. The number of rotatable bonds is 10. The molecule has 0 bridgehead atoms. The maximum absolute atomic E-state index is 13.6. The lowest BCUT2D eigenvalue weighted by molar-refractivity contribution is -0.144. The van der Waals surface area contributed by atoms with Crippen LogP contribution in [0.4, 0.5) is 60.5 Å². The van der Waals surface area contributed by atoms with Crippen molar-refractivity contribution >= 4 is 117 Å². The summed E-state index contributed by atoms with van der Waals surface area (Å²) in [5.74, 6) is 1.89. The smallest absolute Gasteiger partial charge is 0.431 e. The van der Waals surface area contributed by atoms with Gasteiger partial charge in [0.15, 0.2) is 28.4 Å². The molecular formula is C121H92ClF6N13O8. The first-order valence-electron chi connectivity index (χ1n) is 46.7. The number of phenolic OH excluding ortho intramolecular Hbond substituents is 5. The second kappa shape index (κ2) is 43.3. The maximum Gasteiger partial charge on any atom is 0.431 e. The monoisotopic (exact) mass is 2000 g/mol. The fraction of sp³-hybridized carbons (Fsp3) is 0.140. The molecule has 0 radical (unpaired) electrons. The van der Waals surface area contributed by atoms with E-state index in [1.54, 1.807) is 144 Å². The van der Waals surface area contributed by atoms with Crippen molar-refractivity contribution in [2.75, 3.05) is 7.11 Å². The molecule has 8 aromatic heterocycles. The molecule has 0 amide bonds. The molecule has 8 heterocycles. The summed E-state index contributed by atoms with van der Waals surface area (Å²) >= 11 is 6.10. The Morgan fingerprint density at radius 3 is 1.32 bits per heavy atom. The van der Waals surface area contributed by atoms with Crippen LogP contribution in [0, 0.1) is 94.8 Å². The Balaban J connectivity index is 0.000000124. The first kappa shape index (κ1) is 103. The van der Waals surface area contributed by atoms with Gasteiger partial charge in [-0.2, -0.15) is 31.4 Å². The van der Waals surface area contributed by atoms with Crippen molar-refractivity contribution in [3.63, 3.8) is 0 Å². The Hall–Kier alpha value is -18.9. The molecule has 0 spiro atoms. The number of benzene rings is 13. The minimum atomic E-state index is -4.51. The van der Waals surface area contributed by atoms with Gasteiger partial charge in [-0.05, 0) is 334 Å². The molecule has 5 N–H and O–H groups in total. The van der Waals surface area contributed by atoms with Gasteiger partial charge in [0.05, 0.1) is 76.3 Å². The summed E-state index contributed by atoms with van der Waals surface area (Å²) in [6.07, 6.45) is 2.73. The number of pyridine rings is 2. The van der Waals surface area contributed by atoms with Gasteiger partial charge in [-0.25, -0.2) is 34.1 Å². The van der Waals surface area contributed by atoms with E-state index in [1.165, 1.54) is 27.3 Å². The predicted octanol–water partition coefficient (Wildman–Crippen LogP) is 34.9. The quantitative estimate of drug-likeness (QED) is 0.0636. The minimum Gasteiger partial charge on any atom is -0.508 e. The Bertz CT molecular complexity index is 8940. The normalized spacial score (nSPS) is 11.5. The van der Waals surface area contributed by atoms with Crippen molar-refractivity contribution < 1.29 is 65.4 Å². The van der Waals surface area contributed by atoms with Crippen LogP contribution >= 0.6 is 11.6 Å². The van der Waals surface area contributed by atoms with Gasteiger partial charge in [0.1, 0.15) is 62.7 Å². The number of furan rings is 2. The molecule has 21 aromatic rings. The molecule has 149 heavy (non-hydrogen) atoms. The summed E-state index contributed by atoms with van der Waals surface area (Å²) in [5.41, 5.74) is 24.7. The minimum absolute atomic E-state index is 0.0585. The number of aryl methyl sites for hydroxylation is 8. The second-order valence-electron chi connectivity index (χ2n) is 36.1. The van der Waals surface area contributed by atoms with Crippen LogP contribution in [0.5, 0.6) is 34.5 Å². The summed E-state index contributed by atoms with van der Waals surface area (Å²) < 4.78 is 102. The van der Waals surface area contributed by atoms with Gasteiger partial charge in [-0.3, -0.25) is 4.98 Å². The van der Waals surface area contributed by atoms with E-state index in [2.05, 4.69) is 49.2 Å². The zero-order chi connectivity index (χ0) is 106. The van der Waals surface area contributed by atoms with Crippen LogP contribution < -0.4 is 4.74 Å². The summed E-state index contributed by atoms with van der Waals surface area (Å²) in [7, 11) is 1.66. The van der Waals surface area contributed by atoms with Crippen molar-refractivity contribution in [1.29, 1.82) is 0 Å². The molecule has 1 saturated carbocycles. The maximum atomic E-state index is 13.6. The van der Waals surface area contributed by atoms with Crippen LogP contribution in [0.15, 0.2) is 301 Å². The van der Waals surface area contributed by atoms with E-state index in [1.807, 2.05) is 205 Å². The first-order valence-corrected chi connectivity index (χ1v) is 47.0. The first-order chi connectivity index (χ1) is 71.3. The lowest BCUT2D eigenvalue weighted by Crippen LogP contribution is -2.14. The number of phenols is 5. The molecule has 0 unspecified atom stereocenters. The number of hydrogen-bond donors (Lipinski definition) is 5. The van der Waals surface area contributed by atoms with Crippen LogP contribution in [0.3, 0.4) is 0 Å². The van der Waals surface area contributed by atoms with Gasteiger partial charge >= 0.3 is 12.4 Å². The molecule has 13 aromatic carbocycles. The average Bonchev–Trinajstić information content (AvgIpc) is 1.58. The van der Waals surface area contributed by atoms with E-state index < -0.39 is 29.8 Å². The topological polar surface area (TPSA) is 229 Å². The van der Waals surface area contributed by atoms with Crippen LogP contribution in [0.25, 0.3) is 178 Å². The third-order valence-corrected chi connectivity index (χ3v) is 25.7. The summed E-state index contributed by atoms with van der Waals surface area (Å²) in [4.78, 5) is 29.6. The number of hydrogen-bond acceptors (Lipinski definition) is 12. The highest BCUT2D eigenvalue weighted by Crippen LogP contribution is 2.50. The largest absolute Gasteiger partial charge is 0.508 e. The van der Waals surface area contributed by atoms with Crippen LogP contribution in [-0.4, -0.2) is 66.3 Å². The Labute approximate surface area is 858 Å². The molecule has 21 nitrogen and oxygen atoms in total. The molecule has 0 aliphatic heterocycles. The lowest BCUT2D eigenvalue weighted by Gasteiger charge is -2.17. The number of alkyl halides is 6. The van der Waals surface area contributed by atoms with Gasteiger partial charge in [0.2, 0.25) is 5.69 Å². The highest BCUT2D eigenvalue weighted by atomic mass is 35.5. The van der Waals surface area contributed by atoms with Gasteiger partial charge < -0.3 is 52.6 Å². The zero-order valence-electron chi connectivity index (χ0n) is 82.2. The number of halogens is 7. The second-order valence-corrected chi connectivity index (χ2v) is 36.5. The van der Waals surface area contributed by atoms with Gasteiger partial charge in [-0.1, -0.05) is 120 Å². The van der Waals surface area contributed by atoms with Crippen LogP contribution in [-0.2, 0) is 12.4 Å². The van der Waals surface area contributed by atoms with Crippen molar-refractivity contribution in [2.24, 2.45) is 0 Å². The third kappa shape index (κ3) is 22.4. The number of aromatic hydroxyl groups is 5. The molecule has 1 aliphatic carbocycles. The van der Waals surface area contributed by atoms with E-state index in [0.717, 1.165) is 174 Å². The number of fused-ring (bicyclic) bond motifs is 7. The Morgan fingerprint density at radius 2 is 0.819 bits per heavy atom. The molecule has 738 valence electrons. The number of nitrogens with zero attached hydrogens (tertiary/aromatic N) is 13. The molecule has 1 aliphatic rings. The highest BCUT2D eigenvalue weighted by molar-refractivity contribution is 6.32. The van der Waals surface area contributed by atoms with Gasteiger partial charge in [0, 0.05) is 96.0 Å². The SMILES string of the molecule is Cc1ccc(-c2cc(Cl)cc3ccoc23)cc1O.[C-]#[N+]c1cc(-c2ccc(C)c(O)c2)c2cc(C(F)(F)F)n(C(C)C)c2c1.[C-]#[N+]c1cc(-c2ccc(C)c(O)c2)c2cccnc2c1.[C-]#[N+]c1cc(-c2ccc(C)c(O)c2)c2ncc(C)n2c1.[C-]#[N+]c1cc(-c2ccc(C)c(O)c2)c2nnccc2c1.[C-]#[N+]c1cc(-c2ccc(C)c(OC)c2)c2occc2c1.[C-]#[N+]c1cc(-c2ccc(C)cc2)c2cc(C(F)(F)F)n(C3CC3)c2c1. The summed E-state index contributed by atoms with van der Waals surface area (Å²) in [5, 5.41) is 62.8. The third-order valence-electron chi connectivity index (χ3n) is 25.5. The van der Waals surface area contributed by atoms with E-state index in [-0.39, 0.29) is 40.5 Å². The van der Waals surface area contributed by atoms with Crippen molar-refractivity contribution in [2.45, 2.75) is 107 Å². The molecule has 1 fully saturated rings. The van der Waals surface area contributed by atoms with E-state index in [4.69, 9.17) is 64.6 Å². The van der Waals surface area contributed by atoms with Crippen molar-refractivity contribution in [3.8, 4) is 112 Å². The number of methoxy groups -OCH3 is 1. The van der Waals surface area contributed by atoms with Crippen molar-refractivity contribution in [1.82, 2.24) is 33.7 Å². The average molecular weight is 2010 g/mol. The molecule has 0 saturated heterocycles. The molecule has 0 atom stereocenters. The van der Waals surface area contributed by atoms with Crippen LogP contribution in [0.2, 0.25) is 5.02 Å². The van der Waals surface area contributed by atoms with E-state index in [9.17, 15) is 51.9 Å². The number of aromatic nitrogens is 7. The fourth-order valence-electron chi connectivity index (χ4n) is 17.5. The molecule has 28 heteroatoms.